The molecule has 6 heteroatoms. The first-order valence-corrected chi connectivity index (χ1v) is 10.0. The average Bonchev–Trinajstić information content (AvgIpc) is 3.12. The quantitative estimate of drug-likeness (QED) is 0.717. The maximum Gasteiger partial charge on any atom is 0.242 e. The van der Waals surface area contributed by atoms with Gasteiger partial charge in [0.15, 0.2) is 0 Å². The van der Waals surface area contributed by atoms with Gasteiger partial charge >= 0.3 is 0 Å². The number of aromatic nitrogens is 3. The molecule has 28 heavy (non-hydrogen) atoms. The fourth-order valence-corrected chi connectivity index (χ4v) is 3.77. The molecule has 3 aromatic rings. The molecular weight excluding hydrogens is 350 g/mol. The van der Waals surface area contributed by atoms with Crippen LogP contribution in [0.2, 0.25) is 0 Å². The minimum atomic E-state index is -0.0581. The Morgan fingerprint density at radius 1 is 1.07 bits per heavy atom. The zero-order valence-corrected chi connectivity index (χ0v) is 16.3. The van der Waals surface area contributed by atoms with Gasteiger partial charge in [0.25, 0.3) is 0 Å². The first-order valence-electron chi connectivity index (χ1n) is 10.0. The molecule has 1 saturated heterocycles. The minimum Gasteiger partial charge on any atom is -0.350 e. The predicted molar refractivity (Wildman–Crippen MR) is 109 cm³/mol. The highest BCUT2D eigenvalue weighted by molar-refractivity contribution is 5.79. The predicted octanol–water partition coefficient (Wildman–Crippen LogP) is 2.98. The number of nitrogens with zero attached hydrogens (tertiary/aromatic N) is 4. The van der Waals surface area contributed by atoms with E-state index < -0.39 is 0 Å². The number of fused-ring (bicyclic) bond motifs is 1. The molecule has 1 fully saturated rings. The van der Waals surface area contributed by atoms with Crippen LogP contribution >= 0.6 is 0 Å². The molecule has 0 unspecified atom stereocenters. The summed E-state index contributed by atoms with van der Waals surface area (Å²) in [4.78, 5) is 15.0. The second-order valence-electron chi connectivity index (χ2n) is 7.74. The van der Waals surface area contributed by atoms with Crippen molar-refractivity contribution in [1.29, 1.82) is 0 Å². The summed E-state index contributed by atoms with van der Waals surface area (Å²) < 4.78 is 1.64. The Kier molecular flexibility index (Phi) is 5.67. The van der Waals surface area contributed by atoms with Gasteiger partial charge in [-0.2, -0.15) is 0 Å². The first-order chi connectivity index (χ1) is 13.7. The van der Waals surface area contributed by atoms with Crippen LogP contribution in [0.5, 0.6) is 0 Å². The zero-order valence-electron chi connectivity index (χ0n) is 16.3. The van der Waals surface area contributed by atoms with E-state index in [0.717, 1.165) is 36.6 Å². The molecule has 2 aromatic carbocycles. The minimum absolute atomic E-state index is 0.0581. The molecule has 0 aliphatic carbocycles. The number of nitrogens with one attached hydrogen (secondary N) is 1. The van der Waals surface area contributed by atoms with Crippen molar-refractivity contribution < 1.29 is 4.79 Å². The molecule has 0 bridgehead atoms. The van der Waals surface area contributed by atoms with Gasteiger partial charge in [-0.05, 0) is 55.1 Å². The highest BCUT2D eigenvalue weighted by Gasteiger charge is 2.17. The fraction of sp³-hybridized carbons (Fsp3) is 0.409. The van der Waals surface area contributed by atoms with E-state index in [1.54, 1.807) is 4.68 Å². The van der Waals surface area contributed by atoms with Crippen molar-refractivity contribution in [2.75, 3.05) is 13.1 Å². The van der Waals surface area contributed by atoms with E-state index in [9.17, 15) is 4.79 Å². The van der Waals surface area contributed by atoms with E-state index >= 15 is 0 Å². The molecule has 1 N–H and O–H groups in total. The number of carbonyl (C=O) groups excluding carboxylic acids is 1. The standard InChI is InChI=1S/C22H27N5O/c1-17-10-12-26(13-11-17)15-19-7-3-2-6-18(19)14-23-22(28)16-27-21-9-5-4-8-20(21)24-25-27/h2-9,17H,10-16H2,1H3,(H,23,28). The SMILES string of the molecule is CC1CCN(Cc2ccccc2CNC(=O)Cn2nnc3ccccc32)CC1. The summed E-state index contributed by atoms with van der Waals surface area (Å²) in [6.07, 6.45) is 2.54. The van der Waals surface area contributed by atoms with Gasteiger partial charge in [-0.25, -0.2) is 4.68 Å². The van der Waals surface area contributed by atoms with Gasteiger partial charge in [0, 0.05) is 13.1 Å². The van der Waals surface area contributed by atoms with E-state index in [1.165, 1.54) is 24.0 Å². The van der Waals surface area contributed by atoms with Crippen LogP contribution in [-0.4, -0.2) is 38.9 Å². The van der Waals surface area contributed by atoms with E-state index in [0.29, 0.717) is 6.54 Å². The van der Waals surface area contributed by atoms with Crippen LogP contribution in [-0.2, 0) is 24.4 Å². The summed E-state index contributed by atoms with van der Waals surface area (Å²) >= 11 is 0. The number of para-hydroxylation sites is 1. The van der Waals surface area contributed by atoms with Crippen LogP contribution in [0, 0.1) is 5.92 Å². The lowest BCUT2D eigenvalue weighted by Gasteiger charge is -2.30. The first kappa shape index (κ1) is 18.6. The molecule has 0 radical (unpaired) electrons. The lowest BCUT2D eigenvalue weighted by atomic mass is 9.98. The van der Waals surface area contributed by atoms with Crippen LogP contribution < -0.4 is 5.32 Å². The second-order valence-corrected chi connectivity index (χ2v) is 7.74. The number of hydrogen-bond donors (Lipinski definition) is 1. The second kappa shape index (κ2) is 8.52. The van der Waals surface area contributed by atoms with Gasteiger partial charge in [-0.3, -0.25) is 9.69 Å². The summed E-state index contributed by atoms with van der Waals surface area (Å²) in [5, 5.41) is 11.2. The Morgan fingerprint density at radius 2 is 1.79 bits per heavy atom. The third-order valence-electron chi connectivity index (χ3n) is 5.58. The van der Waals surface area contributed by atoms with E-state index in [4.69, 9.17) is 0 Å². The number of carbonyl (C=O) groups is 1. The summed E-state index contributed by atoms with van der Waals surface area (Å²) in [5.74, 6) is 0.774. The van der Waals surface area contributed by atoms with Gasteiger partial charge in [0.05, 0.1) is 5.52 Å². The topological polar surface area (TPSA) is 63.1 Å². The summed E-state index contributed by atoms with van der Waals surface area (Å²) in [6.45, 7) is 6.30. The van der Waals surface area contributed by atoms with Crippen molar-refractivity contribution in [1.82, 2.24) is 25.2 Å². The molecule has 2 heterocycles. The van der Waals surface area contributed by atoms with Gasteiger partial charge < -0.3 is 5.32 Å². The number of hydrogen-bond acceptors (Lipinski definition) is 4. The number of rotatable bonds is 6. The third kappa shape index (κ3) is 4.39. The van der Waals surface area contributed by atoms with Crippen molar-refractivity contribution in [3.8, 4) is 0 Å². The normalized spacial score (nSPS) is 15.8. The highest BCUT2D eigenvalue weighted by Crippen LogP contribution is 2.19. The molecule has 6 nitrogen and oxygen atoms in total. The van der Waals surface area contributed by atoms with E-state index in [2.05, 4.69) is 45.7 Å². The Hall–Kier alpha value is -2.73. The van der Waals surface area contributed by atoms with Gasteiger partial charge in [-0.1, -0.05) is 48.5 Å². The molecule has 1 amide bonds. The van der Waals surface area contributed by atoms with Crippen molar-refractivity contribution in [2.24, 2.45) is 5.92 Å². The zero-order chi connectivity index (χ0) is 19.3. The number of benzene rings is 2. The Bertz CT molecular complexity index is 943. The maximum absolute atomic E-state index is 12.5. The summed E-state index contributed by atoms with van der Waals surface area (Å²) in [6, 6.07) is 16.1. The number of amides is 1. The Morgan fingerprint density at radius 3 is 2.61 bits per heavy atom. The van der Waals surface area contributed by atoms with Gasteiger partial charge in [0.2, 0.25) is 5.91 Å². The van der Waals surface area contributed by atoms with E-state index in [1.807, 2.05) is 30.3 Å². The fourth-order valence-electron chi connectivity index (χ4n) is 3.77. The number of likely N-dealkylation sites (tertiary alicyclic amines) is 1. The smallest absolute Gasteiger partial charge is 0.242 e. The molecule has 146 valence electrons. The van der Waals surface area contributed by atoms with Gasteiger partial charge in [0.1, 0.15) is 12.1 Å². The molecule has 0 atom stereocenters. The van der Waals surface area contributed by atoms with Crippen molar-refractivity contribution >= 4 is 16.9 Å². The van der Waals surface area contributed by atoms with E-state index in [-0.39, 0.29) is 12.5 Å². The largest absolute Gasteiger partial charge is 0.350 e. The number of piperidine rings is 1. The Labute approximate surface area is 165 Å². The van der Waals surface area contributed by atoms with Crippen molar-refractivity contribution in [3.05, 3.63) is 59.7 Å². The van der Waals surface area contributed by atoms with Crippen LogP contribution in [0.1, 0.15) is 30.9 Å². The lowest BCUT2D eigenvalue weighted by molar-refractivity contribution is -0.121. The Balaban J connectivity index is 1.36. The molecular formula is C22H27N5O. The molecule has 1 aromatic heterocycles. The summed E-state index contributed by atoms with van der Waals surface area (Å²) in [7, 11) is 0. The highest BCUT2D eigenvalue weighted by atomic mass is 16.2. The molecule has 1 aliphatic heterocycles. The molecule has 0 saturated carbocycles. The summed E-state index contributed by atoms with van der Waals surface area (Å²) in [5.41, 5.74) is 4.15. The van der Waals surface area contributed by atoms with Crippen LogP contribution in [0.3, 0.4) is 0 Å². The molecule has 1 aliphatic rings. The van der Waals surface area contributed by atoms with Gasteiger partial charge in [-0.15, -0.1) is 5.10 Å². The maximum atomic E-state index is 12.5. The van der Waals surface area contributed by atoms with Crippen LogP contribution in [0.15, 0.2) is 48.5 Å². The van der Waals surface area contributed by atoms with Crippen molar-refractivity contribution in [2.45, 2.75) is 39.4 Å². The van der Waals surface area contributed by atoms with Crippen LogP contribution in [0.25, 0.3) is 11.0 Å². The van der Waals surface area contributed by atoms with Crippen molar-refractivity contribution in [3.63, 3.8) is 0 Å². The molecule has 0 spiro atoms. The lowest BCUT2D eigenvalue weighted by Crippen LogP contribution is -2.33. The monoisotopic (exact) mass is 377 g/mol. The molecule has 4 rings (SSSR count). The third-order valence-corrected chi connectivity index (χ3v) is 5.58. The van der Waals surface area contributed by atoms with Crippen LogP contribution in [0.4, 0.5) is 0 Å². The average molecular weight is 377 g/mol.